The maximum absolute atomic E-state index is 13.5. The van der Waals surface area contributed by atoms with E-state index in [2.05, 4.69) is 31.9 Å². The average molecular weight is 689 g/mol. The summed E-state index contributed by atoms with van der Waals surface area (Å²) in [6.07, 6.45) is 1.85. The lowest BCUT2D eigenvalue weighted by atomic mass is 10.2. The van der Waals surface area contributed by atoms with Crippen LogP contribution in [0.3, 0.4) is 0 Å². The highest BCUT2D eigenvalue weighted by atomic mass is 79.9. The zero-order valence-corrected chi connectivity index (χ0v) is 25.1. The van der Waals surface area contributed by atoms with Gasteiger partial charge >= 0.3 is 0 Å². The molecule has 0 N–H and O–H groups in total. The minimum atomic E-state index is -0.138. The van der Waals surface area contributed by atoms with Gasteiger partial charge in [0.15, 0.2) is 5.17 Å². The van der Waals surface area contributed by atoms with Gasteiger partial charge in [-0.1, -0.05) is 65.7 Å². The van der Waals surface area contributed by atoms with E-state index in [-0.39, 0.29) is 12.5 Å². The quantitative estimate of drug-likeness (QED) is 0.189. The second-order valence-electron chi connectivity index (χ2n) is 8.15. The van der Waals surface area contributed by atoms with Gasteiger partial charge in [0.1, 0.15) is 12.4 Å². The molecular formula is C29H18Br2Cl2N2O2S. The fourth-order valence-electron chi connectivity index (χ4n) is 3.71. The second kappa shape index (κ2) is 12.1. The molecule has 4 nitrogen and oxygen atoms in total. The summed E-state index contributed by atoms with van der Waals surface area (Å²) in [4.78, 5) is 20.5. The van der Waals surface area contributed by atoms with Gasteiger partial charge in [-0.05, 0) is 104 Å². The summed E-state index contributed by atoms with van der Waals surface area (Å²) in [6, 6.07) is 28.2. The van der Waals surface area contributed by atoms with E-state index in [4.69, 9.17) is 32.9 Å². The molecule has 0 radical (unpaired) electrons. The van der Waals surface area contributed by atoms with E-state index in [9.17, 15) is 4.79 Å². The van der Waals surface area contributed by atoms with Crippen LogP contribution in [0, 0.1) is 0 Å². The first-order chi connectivity index (χ1) is 18.4. The summed E-state index contributed by atoms with van der Waals surface area (Å²) in [7, 11) is 0. The number of carbonyl (C=O) groups excluding carboxylic acids is 1. The van der Waals surface area contributed by atoms with E-state index in [1.807, 2.05) is 84.9 Å². The summed E-state index contributed by atoms with van der Waals surface area (Å²) in [5.74, 6) is 0.488. The molecule has 0 aromatic heterocycles. The monoisotopic (exact) mass is 686 g/mol. The first kappa shape index (κ1) is 27.0. The van der Waals surface area contributed by atoms with Crippen molar-refractivity contribution in [1.82, 2.24) is 0 Å². The number of nitrogens with zero attached hydrogens (tertiary/aromatic N) is 2. The number of rotatable bonds is 6. The second-order valence-corrected chi connectivity index (χ2v) is 11.7. The van der Waals surface area contributed by atoms with E-state index < -0.39 is 0 Å². The van der Waals surface area contributed by atoms with E-state index in [1.54, 1.807) is 17.0 Å². The van der Waals surface area contributed by atoms with Gasteiger partial charge in [-0.2, -0.15) is 0 Å². The number of anilines is 1. The highest BCUT2D eigenvalue weighted by Gasteiger charge is 2.34. The third kappa shape index (κ3) is 6.19. The summed E-state index contributed by atoms with van der Waals surface area (Å²) in [5.41, 5.74) is 3.18. The number of benzene rings is 4. The van der Waals surface area contributed by atoms with Crippen LogP contribution in [0.1, 0.15) is 11.1 Å². The fourth-order valence-corrected chi connectivity index (χ4v) is 6.62. The minimum Gasteiger partial charge on any atom is -0.486 e. The van der Waals surface area contributed by atoms with Gasteiger partial charge in [0.25, 0.3) is 5.91 Å². The van der Waals surface area contributed by atoms with Crippen LogP contribution in [0.15, 0.2) is 110 Å². The van der Waals surface area contributed by atoms with Crippen molar-refractivity contribution in [2.45, 2.75) is 6.61 Å². The smallest absolute Gasteiger partial charge is 0.271 e. The summed E-state index contributed by atoms with van der Waals surface area (Å²) in [6.45, 7) is 0.271. The van der Waals surface area contributed by atoms with Gasteiger partial charge in [0.05, 0.1) is 25.2 Å². The molecule has 1 amide bonds. The molecule has 0 atom stereocenters. The third-order valence-electron chi connectivity index (χ3n) is 5.51. The van der Waals surface area contributed by atoms with Gasteiger partial charge in [-0.3, -0.25) is 9.69 Å². The molecule has 1 heterocycles. The topological polar surface area (TPSA) is 41.9 Å². The fraction of sp³-hybridized carbons (Fsp3) is 0.0345. The Labute approximate surface area is 251 Å². The molecule has 38 heavy (non-hydrogen) atoms. The molecule has 1 fully saturated rings. The van der Waals surface area contributed by atoms with Crippen molar-refractivity contribution in [3.63, 3.8) is 0 Å². The lowest BCUT2D eigenvalue weighted by molar-refractivity contribution is -0.113. The molecule has 0 saturated carbocycles. The third-order valence-corrected chi connectivity index (χ3v) is 8.24. The van der Waals surface area contributed by atoms with Crippen LogP contribution in [0.2, 0.25) is 10.0 Å². The number of halogens is 4. The number of hydrogen-bond donors (Lipinski definition) is 0. The molecule has 190 valence electrons. The Morgan fingerprint density at radius 1 is 0.895 bits per heavy atom. The van der Waals surface area contributed by atoms with Crippen LogP contribution in [-0.2, 0) is 11.4 Å². The van der Waals surface area contributed by atoms with Crippen molar-refractivity contribution in [3.8, 4) is 5.75 Å². The number of thioether (sulfide) groups is 1. The molecule has 1 aliphatic rings. The van der Waals surface area contributed by atoms with Crippen molar-refractivity contribution in [2.75, 3.05) is 4.90 Å². The lowest BCUT2D eigenvalue weighted by Gasteiger charge is -2.15. The molecule has 0 aliphatic carbocycles. The van der Waals surface area contributed by atoms with Gasteiger partial charge in [0.2, 0.25) is 0 Å². The highest BCUT2D eigenvalue weighted by Crippen LogP contribution is 2.40. The summed E-state index contributed by atoms with van der Waals surface area (Å²) >= 11 is 20.8. The summed E-state index contributed by atoms with van der Waals surface area (Å²) in [5, 5.41) is 1.70. The zero-order chi connectivity index (χ0) is 26.6. The van der Waals surface area contributed by atoms with Crippen molar-refractivity contribution in [1.29, 1.82) is 0 Å². The molecule has 0 bridgehead atoms. The number of aliphatic imine (C=N–C) groups is 1. The van der Waals surface area contributed by atoms with Gasteiger partial charge < -0.3 is 4.74 Å². The number of ether oxygens (including phenoxy) is 1. The number of hydrogen-bond acceptors (Lipinski definition) is 4. The van der Waals surface area contributed by atoms with Gasteiger partial charge in [-0.15, -0.1) is 0 Å². The van der Waals surface area contributed by atoms with E-state index in [0.29, 0.717) is 25.9 Å². The first-order valence-corrected chi connectivity index (χ1v) is 14.5. The van der Waals surface area contributed by atoms with Crippen LogP contribution in [0.4, 0.5) is 11.4 Å². The minimum absolute atomic E-state index is 0.138. The van der Waals surface area contributed by atoms with Crippen molar-refractivity contribution >= 4 is 95.3 Å². The van der Waals surface area contributed by atoms with Crippen LogP contribution in [-0.4, -0.2) is 11.1 Å². The Bertz CT molecular complexity index is 1540. The number of amides is 1. The Balaban J connectivity index is 1.43. The molecule has 1 saturated heterocycles. The largest absolute Gasteiger partial charge is 0.486 e. The molecule has 1 aliphatic heterocycles. The summed E-state index contributed by atoms with van der Waals surface area (Å²) < 4.78 is 7.50. The molecule has 0 spiro atoms. The molecular weight excluding hydrogens is 671 g/mol. The molecule has 9 heteroatoms. The maximum Gasteiger partial charge on any atom is 0.271 e. The zero-order valence-electron chi connectivity index (χ0n) is 19.6. The van der Waals surface area contributed by atoms with Crippen LogP contribution >= 0.6 is 66.8 Å². The Morgan fingerprint density at radius 2 is 1.55 bits per heavy atom. The van der Waals surface area contributed by atoms with Gasteiger partial charge in [-0.25, -0.2) is 4.99 Å². The SMILES string of the molecule is O=C1/C(=C\c2cc(Br)c(OCc3ccc(Cl)cc3Cl)c(Br)c2)SC(=Nc2ccccc2)N1c1ccccc1. The van der Waals surface area contributed by atoms with Crippen molar-refractivity contribution in [2.24, 2.45) is 4.99 Å². The number of amidine groups is 1. The van der Waals surface area contributed by atoms with E-state index >= 15 is 0 Å². The van der Waals surface area contributed by atoms with E-state index in [1.165, 1.54) is 11.8 Å². The maximum atomic E-state index is 13.5. The molecule has 4 aromatic carbocycles. The van der Waals surface area contributed by atoms with Crippen LogP contribution in [0.25, 0.3) is 6.08 Å². The molecule has 5 rings (SSSR count). The average Bonchev–Trinajstić information content (AvgIpc) is 3.19. The lowest BCUT2D eigenvalue weighted by Crippen LogP contribution is -2.28. The standard InChI is InChI=1S/C29H18Br2Cl2N2O2S/c30-23-13-18(14-24(31)27(23)37-17-19-11-12-20(32)16-25(19)33)15-26-28(36)35(22-9-5-2-6-10-22)29(38-26)34-21-7-3-1-4-8-21/h1-16H,17H2/b26-15+,34-29?. The predicted molar refractivity (Wildman–Crippen MR) is 166 cm³/mol. The number of para-hydroxylation sites is 2. The molecule has 4 aromatic rings. The van der Waals surface area contributed by atoms with Crippen molar-refractivity contribution < 1.29 is 9.53 Å². The van der Waals surface area contributed by atoms with Crippen LogP contribution < -0.4 is 9.64 Å². The predicted octanol–water partition coefficient (Wildman–Crippen LogP) is 9.91. The van der Waals surface area contributed by atoms with Gasteiger partial charge in [0, 0.05) is 15.6 Å². The molecule has 0 unspecified atom stereocenters. The van der Waals surface area contributed by atoms with Crippen LogP contribution in [0.5, 0.6) is 5.75 Å². The van der Waals surface area contributed by atoms with Crippen molar-refractivity contribution in [3.05, 3.63) is 126 Å². The normalized spacial score (nSPS) is 15.5. The first-order valence-electron chi connectivity index (χ1n) is 11.4. The Morgan fingerprint density at radius 3 is 2.21 bits per heavy atom. The highest BCUT2D eigenvalue weighted by molar-refractivity contribution is 9.11. The Kier molecular flexibility index (Phi) is 8.61. The van der Waals surface area contributed by atoms with E-state index in [0.717, 1.165) is 31.4 Å². The Hall–Kier alpha value is -2.55. The number of carbonyl (C=O) groups is 1.